The summed E-state index contributed by atoms with van der Waals surface area (Å²) in [6.07, 6.45) is 0. The first-order chi connectivity index (χ1) is 4.95. The highest BCUT2D eigenvalue weighted by atomic mass is 15.2. The smallest absolute Gasteiger partial charge is 0.0139 e. The average molecular weight is 158 g/mol. The Balaban J connectivity index is 3.90. The van der Waals surface area contributed by atoms with Crippen LogP contribution in [0.1, 0.15) is 34.6 Å². The van der Waals surface area contributed by atoms with E-state index >= 15 is 0 Å². The van der Waals surface area contributed by atoms with Crippen molar-refractivity contribution < 1.29 is 0 Å². The van der Waals surface area contributed by atoms with E-state index in [4.69, 9.17) is 5.73 Å². The zero-order chi connectivity index (χ0) is 9.02. The SMILES string of the molecule is CC(N)CN(C(C)C)C(C)C. The Kier molecular flexibility index (Phi) is 4.69. The van der Waals surface area contributed by atoms with Crippen molar-refractivity contribution in [2.45, 2.75) is 52.7 Å². The Labute approximate surface area is 70.8 Å². The summed E-state index contributed by atoms with van der Waals surface area (Å²) in [6, 6.07) is 1.47. The lowest BCUT2D eigenvalue weighted by Gasteiger charge is -2.31. The van der Waals surface area contributed by atoms with Gasteiger partial charge in [0, 0.05) is 24.7 Å². The lowest BCUT2D eigenvalue weighted by molar-refractivity contribution is 0.167. The minimum atomic E-state index is 0.278. The highest BCUT2D eigenvalue weighted by Gasteiger charge is 2.13. The molecular formula is C9H22N2. The molecule has 2 heteroatoms. The van der Waals surface area contributed by atoms with Crippen molar-refractivity contribution in [1.82, 2.24) is 4.90 Å². The first-order valence-corrected chi connectivity index (χ1v) is 4.46. The van der Waals surface area contributed by atoms with Gasteiger partial charge in [-0.3, -0.25) is 4.90 Å². The van der Waals surface area contributed by atoms with Gasteiger partial charge >= 0.3 is 0 Å². The molecule has 2 nitrogen and oxygen atoms in total. The van der Waals surface area contributed by atoms with Gasteiger partial charge in [-0.15, -0.1) is 0 Å². The summed E-state index contributed by atoms with van der Waals surface area (Å²) in [7, 11) is 0. The van der Waals surface area contributed by atoms with Gasteiger partial charge in [-0.1, -0.05) is 0 Å². The van der Waals surface area contributed by atoms with E-state index in [1.54, 1.807) is 0 Å². The minimum absolute atomic E-state index is 0.278. The van der Waals surface area contributed by atoms with Gasteiger partial charge < -0.3 is 5.73 Å². The number of nitrogens with two attached hydrogens (primary N) is 1. The predicted molar refractivity (Wildman–Crippen MR) is 50.6 cm³/mol. The molecule has 0 aliphatic heterocycles. The number of hydrogen-bond acceptors (Lipinski definition) is 2. The Bertz CT molecular complexity index is 89.7. The molecule has 2 N–H and O–H groups in total. The Morgan fingerprint density at radius 3 is 1.45 bits per heavy atom. The third-order valence-electron chi connectivity index (χ3n) is 1.83. The standard InChI is InChI=1S/C9H22N2/c1-7(2)11(8(3)4)6-9(5)10/h7-9H,6,10H2,1-5H3. The van der Waals surface area contributed by atoms with Gasteiger partial charge in [0.15, 0.2) is 0 Å². The molecule has 0 amide bonds. The molecule has 0 heterocycles. The fourth-order valence-electron chi connectivity index (χ4n) is 1.35. The van der Waals surface area contributed by atoms with Crippen LogP contribution in [0.2, 0.25) is 0 Å². The van der Waals surface area contributed by atoms with E-state index < -0.39 is 0 Å². The average Bonchev–Trinajstić information content (AvgIpc) is 1.81. The van der Waals surface area contributed by atoms with Crippen LogP contribution >= 0.6 is 0 Å². The fraction of sp³-hybridized carbons (Fsp3) is 1.00. The van der Waals surface area contributed by atoms with E-state index in [-0.39, 0.29) is 6.04 Å². The molecule has 11 heavy (non-hydrogen) atoms. The van der Waals surface area contributed by atoms with E-state index in [1.807, 2.05) is 0 Å². The summed E-state index contributed by atoms with van der Waals surface area (Å²) < 4.78 is 0. The van der Waals surface area contributed by atoms with Gasteiger partial charge in [-0.2, -0.15) is 0 Å². The maximum Gasteiger partial charge on any atom is 0.0139 e. The third kappa shape index (κ3) is 4.38. The molecule has 0 aromatic carbocycles. The molecule has 0 aliphatic carbocycles. The molecule has 0 aromatic heterocycles. The second-order valence-electron chi connectivity index (χ2n) is 3.86. The highest BCUT2D eigenvalue weighted by Crippen LogP contribution is 2.04. The van der Waals surface area contributed by atoms with E-state index in [1.165, 1.54) is 0 Å². The number of hydrogen-bond donors (Lipinski definition) is 1. The summed E-state index contributed by atoms with van der Waals surface area (Å²) in [4.78, 5) is 2.41. The van der Waals surface area contributed by atoms with Crippen LogP contribution in [-0.4, -0.2) is 29.6 Å². The van der Waals surface area contributed by atoms with Crippen LogP contribution in [-0.2, 0) is 0 Å². The Hall–Kier alpha value is -0.0800. The molecule has 0 saturated heterocycles. The summed E-state index contributed by atoms with van der Waals surface area (Å²) >= 11 is 0. The van der Waals surface area contributed by atoms with Crippen LogP contribution in [0.5, 0.6) is 0 Å². The molecule has 1 atom stereocenters. The second kappa shape index (κ2) is 4.73. The molecule has 68 valence electrons. The molecule has 0 radical (unpaired) electrons. The Morgan fingerprint density at radius 2 is 1.36 bits per heavy atom. The minimum Gasteiger partial charge on any atom is -0.327 e. The maximum absolute atomic E-state index is 5.73. The number of nitrogens with zero attached hydrogens (tertiary/aromatic N) is 1. The van der Waals surface area contributed by atoms with Crippen LogP contribution in [0.3, 0.4) is 0 Å². The lowest BCUT2D eigenvalue weighted by Crippen LogP contribution is -2.43. The van der Waals surface area contributed by atoms with E-state index in [0.29, 0.717) is 12.1 Å². The Morgan fingerprint density at radius 1 is 1.00 bits per heavy atom. The molecular weight excluding hydrogens is 136 g/mol. The summed E-state index contributed by atoms with van der Waals surface area (Å²) in [6.45, 7) is 11.9. The van der Waals surface area contributed by atoms with Crippen LogP contribution in [0.4, 0.5) is 0 Å². The van der Waals surface area contributed by atoms with Crippen LogP contribution in [0.15, 0.2) is 0 Å². The quantitative estimate of drug-likeness (QED) is 0.671. The lowest BCUT2D eigenvalue weighted by atomic mass is 10.2. The van der Waals surface area contributed by atoms with Gasteiger partial charge in [-0.25, -0.2) is 0 Å². The third-order valence-corrected chi connectivity index (χ3v) is 1.83. The summed E-state index contributed by atoms with van der Waals surface area (Å²) in [5.41, 5.74) is 5.73. The van der Waals surface area contributed by atoms with Crippen molar-refractivity contribution in [2.75, 3.05) is 6.54 Å². The largest absolute Gasteiger partial charge is 0.327 e. The van der Waals surface area contributed by atoms with E-state index in [9.17, 15) is 0 Å². The van der Waals surface area contributed by atoms with E-state index in [2.05, 4.69) is 39.5 Å². The molecule has 0 saturated carbocycles. The molecule has 0 bridgehead atoms. The zero-order valence-electron chi connectivity index (χ0n) is 8.46. The van der Waals surface area contributed by atoms with Crippen molar-refractivity contribution in [2.24, 2.45) is 5.73 Å². The fourth-order valence-corrected chi connectivity index (χ4v) is 1.35. The van der Waals surface area contributed by atoms with Crippen molar-refractivity contribution in [1.29, 1.82) is 0 Å². The van der Waals surface area contributed by atoms with Crippen LogP contribution in [0, 0.1) is 0 Å². The topological polar surface area (TPSA) is 29.3 Å². The van der Waals surface area contributed by atoms with Gasteiger partial charge in [0.1, 0.15) is 0 Å². The van der Waals surface area contributed by atoms with Gasteiger partial charge in [0.05, 0.1) is 0 Å². The molecule has 0 aliphatic rings. The molecule has 1 unspecified atom stereocenters. The van der Waals surface area contributed by atoms with Crippen molar-refractivity contribution in [3.8, 4) is 0 Å². The maximum atomic E-state index is 5.73. The molecule has 0 fully saturated rings. The zero-order valence-corrected chi connectivity index (χ0v) is 8.46. The van der Waals surface area contributed by atoms with E-state index in [0.717, 1.165) is 6.54 Å². The first kappa shape index (κ1) is 10.9. The summed E-state index contributed by atoms with van der Waals surface area (Å²) in [5.74, 6) is 0. The van der Waals surface area contributed by atoms with Crippen molar-refractivity contribution >= 4 is 0 Å². The second-order valence-corrected chi connectivity index (χ2v) is 3.86. The van der Waals surface area contributed by atoms with Crippen molar-refractivity contribution in [3.63, 3.8) is 0 Å². The molecule has 0 spiro atoms. The first-order valence-electron chi connectivity index (χ1n) is 4.46. The monoisotopic (exact) mass is 158 g/mol. The normalized spacial score (nSPS) is 15.0. The van der Waals surface area contributed by atoms with Gasteiger partial charge in [0.2, 0.25) is 0 Å². The van der Waals surface area contributed by atoms with Gasteiger partial charge in [-0.05, 0) is 34.6 Å². The summed E-state index contributed by atoms with van der Waals surface area (Å²) in [5, 5.41) is 0. The predicted octanol–water partition coefficient (Wildman–Crippen LogP) is 1.45. The molecule has 0 aromatic rings. The number of rotatable bonds is 4. The van der Waals surface area contributed by atoms with Gasteiger partial charge in [0.25, 0.3) is 0 Å². The highest BCUT2D eigenvalue weighted by molar-refractivity contribution is 4.70. The van der Waals surface area contributed by atoms with Crippen molar-refractivity contribution in [3.05, 3.63) is 0 Å². The van der Waals surface area contributed by atoms with Crippen LogP contribution < -0.4 is 5.73 Å². The van der Waals surface area contributed by atoms with Crippen LogP contribution in [0.25, 0.3) is 0 Å². The molecule has 0 rings (SSSR count).